The smallest absolute Gasteiger partial charge is 0.333 e. The fraction of sp³-hybridized carbons (Fsp3) is 0.591. The summed E-state index contributed by atoms with van der Waals surface area (Å²) in [6.45, 7) is 14.0. The molecule has 1 saturated carbocycles. The summed E-state index contributed by atoms with van der Waals surface area (Å²) >= 11 is 0. The van der Waals surface area contributed by atoms with Gasteiger partial charge in [0.1, 0.15) is 12.2 Å². The minimum atomic E-state index is -1.26. The Kier molecular flexibility index (Phi) is 6.86. The normalized spacial score (nSPS) is 32.0. The summed E-state index contributed by atoms with van der Waals surface area (Å²) in [5.74, 6) is -2.54. The van der Waals surface area contributed by atoms with E-state index in [1.165, 1.54) is 6.92 Å². The zero-order valence-electron chi connectivity index (χ0n) is 17.9. The van der Waals surface area contributed by atoms with Crippen LogP contribution in [-0.2, 0) is 28.6 Å². The highest BCUT2D eigenvalue weighted by Crippen LogP contribution is 2.50. The summed E-state index contributed by atoms with van der Waals surface area (Å²) in [5, 5.41) is 10.8. The van der Waals surface area contributed by atoms with E-state index in [1.54, 1.807) is 26.8 Å². The van der Waals surface area contributed by atoms with Gasteiger partial charge in [-0.15, -0.1) is 0 Å². The Morgan fingerprint density at radius 2 is 1.93 bits per heavy atom. The molecule has 1 aliphatic carbocycles. The van der Waals surface area contributed by atoms with Gasteiger partial charge in [-0.25, -0.2) is 4.79 Å². The van der Waals surface area contributed by atoms with E-state index in [9.17, 15) is 19.5 Å². The van der Waals surface area contributed by atoms with Gasteiger partial charge in [-0.3, -0.25) is 9.59 Å². The predicted molar refractivity (Wildman–Crippen MR) is 106 cm³/mol. The molecule has 6 atom stereocenters. The van der Waals surface area contributed by atoms with Crippen molar-refractivity contribution in [2.24, 2.45) is 5.92 Å². The summed E-state index contributed by atoms with van der Waals surface area (Å²) in [4.78, 5) is 36.8. The number of epoxide rings is 1. The zero-order chi connectivity index (χ0) is 22.1. The third-order valence-corrected chi connectivity index (χ3v) is 5.49. The third kappa shape index (κ3) is 4.67. The number of carbonyl (C=O) groups is 3. The number of allylic oxidation sites excluding steroid dienone is 2. The molecule has 1 aliphatic heterocycles. The van der Waals surface area contributed by atoms with Gasteiger partial charge in [-0.05, 0) is 40.2 Å². The lowest BCUT2D eigenvalue weighted by molar-refractivity contribution is -0.162. The highest BCUT2D eigenvalue weighted by molar-refractivity contribution is 5.97. The van der Waals surface area contributed by atoms with E-state index in [0.717, 1.165) is 5.57 Å². The van der Waals surface area contributed by atoms with Gasteiger partial charge in [0.2, 0.25) is 5.78 Å². The van der Waals surface area contributed by atoms with E-state index in [1.807, 2.05) is 19.9 Å². The first-order chi connectivity index (χ1) is 13.4. The molecule has 0 amide bonds. The number of hydrogen-bond acceptors (Lipinski definition) is 7. The summed E-state index contributed by atoms with van der Waals surface area (Å²) < 4.78 is 16.3. The Balaban J connectivity index is 2.37. The van der Waals surface area contributed by atoms with Crippen LogP contribution in [0, 0.1) is 5.92 Å². The molecule has 0 aromatic rings. The van der Waals surface area contributed by atoms with Crippen molar-refractivity contribution < 1.29 is 33.7 Å². The number of carbonyl (C=O) groups excluding carboxylic acids is 3. The number of aliphatic hydroxyl groups is 1. The van der Waals surface area contributed by atoms with Crippen LogP contribution < -0.4 is 0 Å². The lowest BCUT2D eigenvalue weighted by Crippen LogP contribution is -2.55. The number of ether oxygens (including phenoxy) is 3. The van der Waals surface area contributed by atoms with Gasteiger partial charge in [0, 0.05) is 18.9 Å². The predicted octanol–water partition coefficient (Wildman–Crippen LogP) is 2.43. The van der Waals surface area contributed by atoms with Gasteiger partial charge < -0.3 is 19.3 Å². The molecule has 2 rings (SSSR count). The Bertz CT molecular complexity index is 774. The van der Waals surface area contributed by atoms with Crippen LogP contribution in [0.15, 0.2) is 35.5 Å². The van der Waals surface area contributed by atoms with Crippen molar-refractivity contribution in [3.8, 4) is 0 Å². The fourth-order valence-corrected chi connectivity index (χ4v) is 3.53. The maximum Gasteiger partial charge on any atom is 0.333 e. The second-order valence-electron chi connectivity index (χ2n) is 8.01. The minimum Gasteiger partial charge on any atom is -0.454 e. The number of esters is 2. The van der Waals surface area contributed by atoms with E-state index in [0.29, 0.717) is 17.6 Å². The number of hydrogen-bond donors (Lipinski definition) is 1. The third-order valence-electron chi connectivity index (χ3n) is 5.49. The fourth-order valence-electron chi connectivity index (χ4n) is 3.53. The first-order valence-corrected chi connectivity index (χ1v) is 9.67. The second-order valence-corrected chi connectivity index (χ2v) is 8.01. The highest BCUT2D eigenvalue weighted by atomic mass is 16.6. The molecule has 7 nitrogen and oxygen atoms in total. The average Bonchev–Trinajstić information content (AvgIpc) is 3.35. The minimum absolute atomic E-state index is 0.310. The summed E-state index contributed by atoms with van der Waals surface area (Å²) in [7, 11) is 0. The molecule has 160 valence electrons. The molecule has 1 saturated heterocycles. The molecule has 0 spiro atoms. The van der Waals surface area contributed by atoms with Crippen LogP contribution in [0.2, 0.25) is 0 Å². The van der Waals surface area contributed by atoms with Crippen molar-refractivity contribution in [1.29, 1.82) is 0 Å². The van der Waals surface area contributed by atoms with Crippen molar-refractivity contribution >= 4 is 17.7 Å². The Labute approximate surface area is 171 Å². The van der Waals surface area contributed by atoms with Gasteiger partial charge >= 0.3 is 11.9 Å². The molecule has 0 aromatic carbocycles. The number of ketones is 1. The Morgan fingerprint density at radius 3 is 2.45 bits per heavy atom. The second kappa shape index (κ2) is 8.63. The number of rotatable bonds is 7. The van der Waals surface area contributed by atoms with Gasteiger partial charge in [0.25, 0.3) is 0 Å². The van der Waals surface area contributed by atoms with Crippen LogP contribution in [0.3, 0.4) is 0 Å². The standard InChI is InChI=1S/C22H30O7/c1-8-12(4)21(26)28-15(10-9-11(2)3)13(5)16-17(24)20-22(7,29-20)19(25)18(16)27-14(6)23/h8-9,15-18,20,24H,5,10H2,1-4,6-7H3/b12-8-. The lowest BCUT2D eigenvalue weighted by Gasteiger charge is -2.37. The van der Waals surface area contributed by atoms with Crippen LogP contribution >= 0.6 is 0 Å². The van der Waals surface area contributed by atoms with Crippen molar-refractivity contribution in [2.75, 3.05) is 0 Å². The number of aliphatic hydroxyl groups excluding tert-OH is 1. The van der Waals surface area contributed by atoms with Crippen LogP contribution in [0.1, 0.15) is 48.0 Å². The highest BCUT2D eigenvalue weighted by Gasteiger charge is 2.70. The van der Waals surface area contributed by atoms with Crippen LogP contribution in [0.4, 0.5) is 0 Å². The van der Waals surface area contributed by atoms with E-state index < -0.39 is 53.7 Å². The first kappa shape index (κ1) is 23.0. The molecule has 2 aliphatic rings. The maximum atomic E-state index is 12.9. The lowest BCUT2D eigenvalue weighted by atomic mass is 9.72. The van der Waals surface area contributed by atoms with E-state index >= 15 is 0 Å². The van der Waals surface area contributed by atoms with Crippen LogP contribution in [0.25, 0.3) is 0 Å². The molecular weight excluding hydrogens is 376 g/mol. The van der Waals surface area contributed by atoms with Crippen molar-refractivity contribution in [1.82, 2.24) is 0 Å². The molecule has 6 unspecified atom stereocenters. The van der Waals surface area contributed by atoms with E-state index in [2.05, 4.69) is 6.58 Å². The summed E-state index contributed by atoms with van der Waals surface area (Å²) in [5.41, 5.74) is 0.569. The van der Waals surface area contributed by atoms with E-state index in [-0.39, 0.29) is 0 Å². The first-order valence-electron chi connectivity index (χ1n) is 9.67. The van der Waals surface area contributed by atoms with E-state index in [4.69, 9.17) is 14.2 Å². The maximum absolute atomic E-state index is 12.9. The Morgan fingerprint density at radius 1 is 1.31 bits per heavy atom. The summed E-state index contributed by atoms with van der Waals surface area (Å²) in [6, 6.07) is 0. The molecule has 1 heterocycles. The largest absolute Gasteiger partial charge is 0.454 e. The monoisotopic (exact) mass is 406 g/mol. The van der Waals surface area contributed by atoms with Crippen molar-refractivity contribution in [3.05, 3.63) is 35.5 Å². The topological polar surface area (TPSA) is 102 Å². The molecule has 7 heteroatoms. The molecule has 1 N–H and O–H groups in total. The average molecular weight is 406 g/mol. The van der Waals surface area contributed by atoms with Crippen LogP contribution in [-0.4, -0.2) is 52.8 Å². The Hall–Kier alpha value is -2.25. The van der Waals surface area contributed by atoms with Gasteiger partial charge in [-0.1, -0.05) is 24.3 Å². The molecular formula is C22H30O7. The molecule has 29 heavy (non-hydrogen) atoms. The van der Waals surface area contributed by atoms with Gasteiger partial charge in [0.15, 0.2) is 11.7 Å². The van der Waals surface area contributed by atoms with Gasteiger partial charge in [0.05, 0.1) is 12.0 Å². The number of Topliss-reactive ketones (excluding diaryl/α,β-unsaturated/α-hetero) is 1. The zero-order valence-corrected chi connectivity index (χ0v) is 17.9. The molecule has 0 radical (unpaired) electrons. The molecule has 0 bridgehead atoms. The molecule has 0 aromatic heterocycles. The number of fused-ring (bicyclic) bond motifs is 1. The van der Waals surface area contributed by atoms with Crippen LogP contribution in [0.5, 0.6) is 0 Å². The SMILES string of the molecule is C=C(C(CC=C(C)C)OC(=O)/C(C)=C\C)C1C(OC(C)=O)C(=O)C2(C)OC2C1O. The quantitative estimate of drug-likeness (QED) is 0.300. The molecule has 2 fully saturated rings. The van der Waals surface area contributed by atoms with Crippen molar-refractivity contribution in [3.63, 3.8) is 0 Å². The van der Waals surface area contributed by atoms with Gasteiger partial charge in [-0.2, -0.15) is 0 Å². The summed E-state index contributed by atoms with van der Waals surface area (Å²) in [6.07, 6.45) is -0.0605. The van der Waals surface area contributed by atoms with Crippen molar-refractivity contribution in [2.45, 2.75) is 78.0 Å².